The standard InChI is InChI=1S/C10H13NO/c1-7-2-3-11-10(4-7)9-5-8(9)6-12/h2-4,8-9,12H,5-6H2,1H3/t8-,9+/m0/s1. The Balaban J connectivity index is 2.14. The highest BCUT2D eigenvalue weighted by molar-refractivity contribution is 5.22. The number of hydrogen-bond acceptors (Lipinski definition) is 2. The minimum absolute atomic E-state index is 0.306. The molecular formula is C10H13NO. The van der Waals surface area contributed by atoms with Crippen LogP contribution in [-0.2, 0) is 0 Å². The second-order valence-corrected chi connectivity index (χ2v) is 3.54. The number of aromatic nitrogens is 1. The lowest BCUT2D eigenvalue weighted by Crippen LogP contribution is -1.91. The van der Waals surface area contributed by atoms with Crippen molar-refractivity contribution in [2.24, 2.45) is 5.92 Å². The average molecular weight is 163 g/mol. The Labute approximate surface area is 72.3 Å². The van der Waals surface area contributed by atoms with Crippen molar-refractivity contribution in [2.75, 3.05) is 6.61 Å². The Bertz CT molecular complexity index is 285. The fourth-order valence-electron chi connectivity index (χ4n) is 1.57. The van der Waals surface area contributed by atoms with E-state index < -0.39 is 0 Å². The summed E-state index contributed by atoms with van der Waals surface area (Å²) in [6.07, 6.45) is 2.95. The second kappa shape index (κ2) is 2.87. The van der Waals surface area contributed by atoms with E-state index in [1.165, 1.54) is 5.56 Å². The van der Waals surface area contributed by atoms with Crippen molar-refractivity contribution < 1.29 is 5.11 Å². The van der Waals surface area contributed by atoms with Gasteiger partial charge in [0.25, 0.3) is 0 Å². The summed E-state index contributed by atoms with van der Waals surface area (Å²) in [4.78, 5) is 4.29. The van der Waals surface area contributed by atoms with Crippen molar-refractivity contribution in [2.45, 2.75) is 19.3 Å². The molecule has 0 aliphatic heterocycles. The van der Waals surface area contributed by atoms with E-state index in [1.54, 1.807) is 0 Å². The quantitative estimate of drug-likeness (QED) is 0.716. The number of aryl methyl sites for hydroxylation is 1. The first kappa shape index (κ1) is 7.74. The summed E-state index contributed by atoms with van der Waals surface area (Å²) in [6.45, 7) is 2.38. The van der Waals surface area contributed by atoms with Crippen molar-refractivity contribution in [3.8, 4) is 0 Å². The molecule has 1 aliphatic carbocycles. The summed E-state index contributed by atoms with van der Waals surface area (Å²) < 4.78 is 0. The fraction of sp³-hybridized carbons (Fsp3) is 0.500. The van der Waals surface area contributed by atoms with Crippen LogP contribution in [0.3, 0.4) is 0 Å². The minimum Gasteiger partial charge on any atom is -0.396 e. The lowest BCUT2D eigenvalue weighted by molar-refractivity contribution is 0.273. The molecule has 12 heavy (non-hydrogen) atoms. The molecule has 0 radical (unpaired) electrons. The van der Waals surface area contributed by atoms with Gasteiger partial charge in [-0.2, -0.15) is 0 Å². The third kappa shape index (κ3) is 1.34. The van der Waals surface area contributed by atoms with Gasteiger partial charge in [-0.1, -0.05) is 0 Å². The van der Waals surface area contributed by atoms with Crippen LogP contribution < -0.4 is 0 Å². The van der Waals surface area contributed by atoms with Gasteiger partial charge in [0.15, 0.2) is 0 Å². The maximum absolute atomic E-state index is 8.88. The van der Waals surface area contributed by atoms with Gasteiger partial charge in [-0.3, -0.25) is 4.98 Å². The molecule has 2 heteroatoms. The minimum atomic E-state index is 0.306. The van der Waals surface area contributed by atoms with Gasteiger partial charge in [-0.05, 0) is 37.0 Å². The third-order valence-corrected chi connectivity index (χ3v) is 2.47. The summed E-state index contributed by atoms with van der Waals surface area (Å²) in [5.41, 5.74) is 2.40. The molecule has 1 aromatic rings. The second-order valence-electron chi connectivity index (χ2n) is 3.54. The first-order valence-electron chi connectivity index (χ1n) is 4.34. The summed E-state index contributed by atoms with van der Waals surface area (Å²) in [6, 6.07) is 4.11. The van der Waals surface area contributed by atoms with Crippen molar-refractivity contribution in [1.82, 2.24) is 4.98 Å². The topological polar surface area (TPSA) is 33.1 Å². The number of rotatable bonds is 2. The molecule has 0 amide bonds. The Morgan fingerprint density at radius 3 is 3.08 bits per heavy atom. The van der Waals surface area contributed by atoms with Gasteiger partial charge in [0, 0.05) is 24.4 Å². The molecule has 64 valence electrons. The molecule has 2 nitrogen and oxygen atoms in total. The fourth-order valence-corrected chi connectivity index (χ4v) is 1.57. The maximum Gasteiger partial charge on any atom is 0.0465 e. The predicted octanol–water partition coefficient (Wildman–Crippen LogP) is 1.49. The normalized spacial score (nSPS) is 27.2. The molecular weight excluding hydrogens is 150 g/mol. The highest BCUT2D eigenvalue weighted by atomic mass is 16.3. The van der Waals surface area contributed by atoms with Crippen LogP contribution in [0.1, 0.15) is 23.6 Å². The SMILES string of the molecule is Cc1ccnc([C@@H]2C[C@H]2CO)c1. The van der Waals surface area contributed by atoms with E-state index in [4.69, 9.17) is 5.11 Å². The van der Waals surface area contributed by atoms with E-state index in [1.807, 2.05) is 12.3 Å². The first-order valence-corrected chi connectivity index (χ1v) is 4.34. The van der Waals surface area contributed by atoms with Crippen LogP contribution in [0.4, 0.5) is 0 Å². The third-order valence-electron chi connectivity index (χ3n) is 2.47. The molecule has 0 saturated heterocycles. The zero-order valence-corrected chi connectivity index (χ0v) is 7.20. The molecule has 1 fully saturated rings. The number of aliphatic hydroxyl groups excluding tert-OH is 1. The van der Waals surface area contributed by atoms with Crippen molar-refractivity contribution in [3.63, 3.8) is 0 Å². The monoisotopic (exact) mass is 163 g/mol. The highest BCUT2D eigenvalue weighted by Gasteiger charge is 2.38. The average Bonchev–Trinajstić information content (AvgIpc) is 2.83. The van der Waals surface area contributed by atoms with E-state index in [-0.39, 0.29) is 0 Å². The Kier molecular flexibility index (Phi) is 1.85. The number of aliphatic hydroxyl groups is 1. The number of hydrogen-bond donors (Lipinski definition) is 1. The Morgan fingerprint density at radius 2 is 2.50 bits per heavy atom. The smallest absolute Gasteiger partial charge is 0.0465 e. The summed E-state index contributed by atoms with van der Waals surface area (Å²) in [7, 11) is 0. The molecule has 1 N–H and O–H groups in total. The lowest BCUT2D eigenvalue weighted by atomic mass is 10.2. The van der Waals surface area contributed by atoms with E-state index >= 15 is 0 Å². The van der Waals surface area contributed by atoms with Gasteiger partial charge in [0.05, 0.1) is 0 Å². The number of pyridine rings is 1. The van der Waals surface area contributed by atoms with Crippen molar-refractivity contribution in [1.29, 1.82) is 0 Å². The van der Waals surface area contributed by atoms with Gasteiger partial charge in [-0.15, -0.1) is 0 Å². The largest absolute Gasteiger partial charge is 0.396 e. The van der Waals surface area contributed by atoms with Gasteiger partial charge in [0.2, 0.25) is 0 Å². The summed E-state index contributed by atoms with van der Waals surface area (Å²) in [5.74, 6) is 0.995. The predicted molar refractivity (Wildman–Crippen MR) is 46.9 cm³/mol. The molecule has 0 unspecified atom stereocenters. The van der Waals surface area contributed by atoms with Gasteiger partial charge < -0.3 is 5.11 Å². The molecule has 2 atom stereocenters. The van der Waals surface area contributed by atoms with E-state index in [0.717, 1.165) is 12.1 Å². The highest BCUT2D eigenvalue weighted by Crippen LogP contribution is 2.46. The molecule has 1 saturated carbocycles. The first-order chi connectivity index (χ1) is 5.81. The van der Waals surface area contributed by atoms with Crippen molar-refractivity contribution >= 4 is 0 Å². The van der Waals surface area contributed by atoms with E-state index in [9.17, 15) is 0 Å². The van der Waals surface area contributed by atoms with Crippen molar-refractivity contribution in [3.05, 3.63) is 29.6 Å². The summed E-state index contributed by atoms with van der Waals surface area (Å²) >= 11 is 0. The zero-order valence-electron chi connectivity index (χ0n) is 7.20. The molecule has 1 heterocycles. The Hall–Kier alpha value is -0.890. The molecule has 0 aromatic carbocycles. The van der Waals surface area contributed by atoms with Crippen LogP contribution in [0.5, 0.6) is 0 Å². The van der Waals surface area contributed by atoms with Crippen LogP contribution in [0.2, 0.25) is 0 Å². The van der Waals surface area contributed by atoms with Crippen LogP contribution in [0, 0.1) is 12.8 Å². The number of nitrogens with zero attached hydrogens (tertiary/aromatic N) is 1. The van der Waals surface area contributed by atoms with Crippen LogP contribution >= 0.6 is 0 Å². The van der Waals surface area contributed by atoms with E-state index in [2.05, 4.69) is 18.0 Å². The maximum atomic E-state index is 8.88. The van der Waals surface area contributed by atoms with Gasteiger partial charge >= 0.3 is 0 Å². The molecule has 2 rings (SSSR count). The van der Waals surface area contributed by atoms with Gasteiger partial charge in [-0.25, -0.2) is 0 Å². The Morgan fingerprint density at radius 1 is 1.67 bits per heavy atom. The zero-order chi connectivity index (χ0) is 8.55. The van der Waals surface area contributed by atoms with Crippen LogP contribution in [0.25, 0.3) is 0 Å². The summed E-state index contributed by atoms with van der Waals surface area (Å²) in [5, 5.41) is 8.88. The molecule has 0 spiro atoms. The van der Waals surface area contributed by atoms with Gasteiger partial charge in [0.1, 0.15) is 0 Å². The molecule has 0 bridgehead atoms. The molecule has 1 aromatic heterocycles. The molecule has 1 aliphatic rings. The van der Waals surface area contributed by atoms with Crippen LogP contribution in [-0.4, -0.2) is 16.7 Å². The van der Waals surface area contributed by atoms with E-state index in [0.29, 0.717) is 18.4 Å². The van der Waals surface area contributed by atoms with Crippen LogP contribution in [0.15, 0.2) is 18.3 Å². The lowest BCUT2D eigenvalue weighted by Gasteiger charge is -1.98.